The smallest absolute Gasteiger partial charge is 0.239 e. The van der Waals surface area contributed by atoms with E-state index in [1.807, 2.05) is 19.1 Å². The van der Waals surface area contributed by atoms with Gasteiger partial charge in [0, 0.05) is 25.8 Å². The lowest BCUT2D eigenvalue weighted by atomic mass is 10.1. The number of hydrogen-bond acceptors (Lipinski definition) is 5. The number of nitrogens with two attached hydrogens (primary N) is 1. The third-order valence-electron chi connectivity index (χ3n) is 3.39. The largest absolute Gasteiger partial charge is 0.388 e. The molecule has 1 aliphatic rings. The average molecular weight is 308 g/mol. The van der Waals surface area contributed by atoms with Crippen molar-refractivity contribution in [1.82, 2.24) is 15.2 Å². The molecule has 0 spiro atoms. The Balaban J connectivity index is 2.16. The maximum atomic E-state index is 12.1. The fourth-order valence-electron chi connectivity index (χ4n) is 2.37. The second-order valence-corrected chi connectivity index (χ2v) is 5.27. The van der Waals surface area contributed by atoms with Crippen molar-refractivity contribution >= 4 is 23.1 Å². The molecule has 7 heteroatoms. The Hall–Kier alpha value is -1.57. The number of aromatic nitrogens is 1. The molecule has 0 saturated carbocycles. The van der Waals surface area contributed by atoms with Gasteiger partial charge in [0.15, 0.2) is 0 Å². The van der Waals surface area contributed by atoms with Crippen molar-refractivity contribution in [3.63, 3.8) is 0 Å². The summed E-state index contributed by atoms with van der Waals surface area (Å²) in [6.07, 6.45) is 1.67. The van der Waals surface area contributed by atoms with E-state index in [1.54, 1.807) is 6.20 Å². The second-order valence-electron chi connectivity index (χ2n) is 4.83. The summed E-state index contributed by atoms with van der Waals surface area (Å²) >= 11 is 5.03. The third kappa shape index (κ3) is 3.96. The van der Waals surface area contributed by atoms with Gasteiger partial charge in [-0.2, -0.15) is 0 Å². The molecule has 1 aromatic heterocycles. The van der Waals surface area contributed by atoms with Gasteiger partial charge in [-0.15, -0.1) is 0 Å². The van der Waals surface area contributed by atoms with E-state index in [4.69, 9.17) is 22.7 Å². The molecule has 3 N–H and O–H groups in total. The predicted molar refractivity (Wildman–Crippen MR) is 83.8 cm³/mol. The molecule has 0 radical (unpaired) electrons. The van der Waals surface area contributed by atoms with Crippen molar-refractivity contribution in [2.24, 2.45) is 5.73 Å². The molecule has 0 aliphatic carbocycles. The van der Waals surface area contributed by atoms with E-state index in [1.165, 1.54) is 0 Å². The molecule has 1 aliphatic heterocycles. The number of pyridine rings is 1. The fraction of sp³-hybridized carbons (Fsp3) is 0.500. The highest BCUT2D eigenvalue weighted by Gasteiger charge is 2.29. The summed E-state index contributed by atoms with van der Waals surface area (Å²) in [7, 11) is 0. The monoisotopic (exact) mass is 308 g/mol. The van der Waals surface area contributed by atoms with Crippen LogP contribution >= 0.6 is 12.2 Å². The normalized spacial score (nSPS) is 19.2. The van der Waals surface area contributed by atoms with Gasteiger partial charge < -0.3 is 15.8 Å². The minimum absolute atomic E-state index is 0.0158. The number of ether oxygens (including phenoxy) is 1. The number of thiocarbonyl (C=S) groups is 1. The molecule has 2 heterocycles. The highest BCUT2D eigenvalue weighted by Crippen LogP contribution is 2.15. The average Bonchev–Trinajstić information content (AvgIpc) is 2.48. The van der Waals surface area contributed by atoms with Crippen LogP contribution < -0.4 is 11.1 Å². The summed E-state index contributed by atoms with van der Waals surface area (Å²) in [4.78, 5) is 18.7. The SMILES string of the molecule is CCNC(=O)C1COCCN1Cc1cccnc1C(N)=S. The van der Waals surface area contributed by atoms with Crippen LogP contribution in [0.25, 0.3) is 0 Å². The molecule has 1 amide bonds. The zero-order valence-corrected chi connectivity index (χ0v) is 12.9. The van der Waals surface area contributed by atoms with Gasteiger partial charge in [-0.1, -0.05) is 18.3 Å². The molecule has 0 aromatic carbocycles. The van der Waals surface area contributed by atoms with Gasteiger partial charge in [0.25, 0.3) is 0 Å². The van der Waals surface area contributed by atoms with Crippen LogP contribution in [0.4, 0.5) is 0 Å². The fourth-order valence-corrected chi connectivity index (χ4v) is 2.55. The maximum Gasteiger partial charge on any atom is 0.239 e. The van der Waals surface area contributed by atoms with E-state index in [-0.39, 0.29) is 16.9 Å². The molecular weight excluding hydrogens is 288 g/mol. The van der Waals surface area contributed by atoms with Gasteiger partial charge in [-0.05, 0) is 18.6 Å². The molecule has 0 bridgehead atoms. The number of morpholine rings is 1. The number of rotatable bonds is 5. The van der Waals surface area contributed by atoms with Crippen molar-refractivity contribution in [1.29, 1.82) is 0 Å². The van der Waals surface area contributed by atoms with Crippen LogP contribution in [0.2, 0.25) is 0 Å². The van der Waals surface area contributed by atoms with Crippen LogP contribution in [-0.2, 0) is 16.1 Å². The van der Waals surface area contributed by atoms with E-state index >= 15 is 0 Å². The van der Waals surface area contributed by atoms with Crippen molar-refractivity contribution in [3.8, 4) is 0 Å². The number of hydrogen-bond donors (Lipinski definition) is 2. The van der Waals surface area contributed by atoms with Gasteiger partial charge in [0.1, 0.15) is 16.7 Å². The minimum Gasteiger partial charge on any atom is -0.388 e. The zero-order valence-electron chi connectivity index (χ0n) is 12.0. The van der Waals surface area contributed by atoms with E-state index in [0.717, 1.165) is 5.56 Å². The van der Waals surface area contributed by atoms with E-state index in [0.29, 0.717) is 38.5 Å². The number of likely N-dealkylation sites (N-methyl/N-ethyl adjacent to an activating group) is 1. The molecule has 1 unspecified atom stereocenters. The lowest BCUT2D eigenvalue weighted by Gasteiger charge is -2.34. The molecule has 1 atom stereocenters. The summed E-state index contributed by atoms with van der Waals surface area (Å²) in [6, 6.07) is 3.49. The Labute approximate surface area is 129 Å². The summed E-state index contributed by atoms with van der Waals surface area (Å²) in [6.45, 7) is 4.78. The topological polar surface area (TPSA) is 80.5 Å². The molecule has 114 valence electrons. The first-order chi connectivity index (χ1) is 10.1. The molecule has 21 heavy (non-hydrogen) atoms. The van der Waals surface area contributed by atoms with Gasteiger partial charge in [-0.3, -0.25) is 14.7 Å². The molecule has 6 nitrogen and oxygen atoms in total. The lowest BCUT2D eigenvalue weighted by molar-refractivity contribution is -0.132. The quantitative estimate of drug-likeness (QED) is 0.748. The Kier molecular flexibility index (Phi) is 5.60. The summed E-state index contributed by atoms with van der Waals surface area (Å²) in [5.74, 6) is -0.0158. The molecule has 2 rings (SSSR count). The summed E-state index contributed by atoms with van der Waals surface area (Å²) in [5, 5.41) is 2.84. The molecule has 1 saturated heterocycles. The Morgan fingerprint density at radius 2 is 2.48 bits per heavy atom. The van der Waals surface area contributed by atoms with Crippen LogP contribution in [0.1, 0.15) is 18.2 Å². The number of nitrogens with one attached hydrogen (secondary N) is 1. The molecule has 1 aromatic rings. The van der Waals surface area contributed by atoms with Gasteiger partial charge in [-0.25, -0.2) is 0 Å². The third-order valence-corrected chi connectivity index (χ3v) is 3.58. The first kappa shape index (κ1) is 15.8. The Bertz CT molecular complexity index is 523. The highest BCUT2D eigenvalue weighted by molar-refractivity contribution is 7.80. The van der Waals surface area contributed by atoms with Crippen LogP contribution in [-0.4, -0.2) is 53.1 Å². The van der Waals surface area contributed by atoms with Crippen LogP contribution in [0.3, 0.4) is 0 Å². The minimum atomic E-state index is -0.293. The number of carbonyl (C=O) groups excluding carboxylic acids is 1. The lowest BCUT2D eigenvalue weighted by Crippen LogP contribution is -2.53. The van der Waals surface area contributed by atoms with Crippen molar-refractivity contribution in [2.45, 2.75) is 19.5 Å². The standard InChI is InChI=1S/C14H20N4O2S/c1-2-16-14(19)11-9-20-7-6-18(11)8-10-4-3-5-17-12(10)13(15)21/h3-5,11H,2,6-9H2,1H3,(H2,15,21)(H,16,19). The highest BCUT2D eigenvalue weighted by atomic mass is 32.1. The first-order valence-electron chi connectivity index (χ1n) is 6.96. The number of carbonyl (C=O) groups is 1. The molecular formula is C14H20N4O2S. The van der Waals surface area contributed by atoms with Crippen LogP contribution in [0.5, 0.6) is 0 Å². The summed E-state index contributed by atoms with van der Waals surface area (Å²) < 4.78 is 5.43. The van der Waals surface area contributed by atoms with Crippen molar-refractivity contribution in [3.05, 3.63) is 29.6 Å². The van der Waals surface area contributed by atoms with E-state index in [9.17, 15) is 4.79 Å². The predicted octanol–water partition coefficient (Wildman–Crippen LogP) is 0.0527. The second kappa shape index (κ2) is 7.44. The Morgan fingerprint density at radius 3 is 3.19 bits per heavy atom. The van der Waals surface area contributed by atoms with E-state index in [2.05, 4.69) is 15.2 Å². The Morgan fingerprint density at radius 1 is 1.67 bits per heavy atom. The number of nitrogens with zero attached hydrogens (tertiary/aromatic N) is 2. The van der Waals surface area contributed by atoms with E-state index < -0.39 is 0 Å². The first-order valence-corrected chi connectivity index (χ1v) is 7.37. The van der Waals surface area contributed by atoms with Crippen molar-refractivity contribution in [2.75, 3.05) is 26.3 Å². The van der Waals surface area contributed by atoms with Gasteiger partial charge in [0.2, 0.25) is 5.91 Å². The molecule has 1 fully saturated rings. The van der Waals surface area contributed by atoms with Crippen molar-refractivity contribution < 1.29 is 9.53 Å². The zero-order chi connectivity index (χ0) is 15.2. The van der Waals surface area contributed by atoms with Crippen LogP contribution in [0, 0.1) is 0 Å². The summed E-state index contributed by atoms with van der Waals surface area (Å²) in [5.41, 5.74) is 7.26. The maximum absolute atomic E-state index is 12.1. The number of amides is 1. The van der Waals surface area contributed by atoms with Crippen LogP contribution in [0.15, 0.2) is 18.3 Å². The van der Waals surface area contributed by atoms with Gasteiger partial charge in [0.05, 0.1) is 13.2 Å². The van der Waals surface area contributed by atoms with Gasteiger partial charge >= 0.3 is 0 Å².